The quantitative estimate of drug-likeness (QED) is 0.447. The van der Waals surface area contributed by atoms with Crippen LogP contribution in [0.4, 0.5) is 10.1 Å². The molecule has 0 N–H and O–H groups in total. The summed E-state index contributed by atoms with van der Waals surface area (Å²) >= 11 is 7.59. The molecule has 0 atom stereocenters. The largest absolute Gasteiger partial charge is 0.335 e. The number of piperazine rings is 1. The molecule has 0 spiro atoms. The third-order valence-electron chi connectivity index (χ3n) is 5.00. The maximum absolute atomic E-state index is 13.0. The highest BCUT2D eigenvalue weighted by atomic mass is 35.5. The van der Waals surface area contributed by atoms with Gasteiger partial charge in [-0.25, -0.2) is 4.39 Å². The van der Waals surface area contributed by atoms with Crippen LogP contribution in [-0.4, -0.2) is 46.8 Å². The number of fused-ring (bicyclic) bond motifs is 1. The molecular formula is C20H17ClFN3O3S. The Morgan fingerprint density at radius 1 is 1.14 bits per heavy atom. The minimum Gasteiger partial charge on any atom is -0.335 e. The van der Waals surface area contributed by atoms with E-state index in [4.69, 9.17) is 11.6 Å². The molecule has 0 radical (unpaired) electrons. The zero-order valence-corrected chi connectivity index (χ0v) is 16.9. The Balaban J connectivity index is 1.44. The van der Waals surface area contributed by atoms with Crippen LogP contribution in [0.2, 0.25) is 5.02 Å². The summed E-state index contributed by atoms with van der Waals surface area (Å²) in [6, 6.07) is 10.9. The molecule has 0 unspecified atom stereocenters. The number of carbonyl (C=O) groups is 1. The first-order chi connectivity index (χ1) is 13.9. The Morgan fingerprint density at radius 3 is 2.48 bits per heavy atom. The summed E-state index contributed by atoms with van der Waals surface area (Å²) in [5, 5.41) is 12.0. The monoisotopic (exact) mass is 433 g/mol. The van der Waals surface area contributed by atoms with E-state index in [2.05, 4.69) is 4.90 Å². The first-order valence-electron chi connectivity index (χ1n) is 9.05. The van der Waals surface area contributed by atoms with Crippen molar-refractivity contribution in [3.05, 3.63) is 73.9 Å². The van der Waals surface area contributed by atoms with Gasteiger partial charge in [0.05, 0.1) is 9.95 Å². The molecule has 0 aliphatic carbocycles. The molecule has 4 rings (SSSR count). The Morgan fingerprint density at radius 2 is 1.83 bits per heavy atom. The lowest BCUT2D eigenvalue weighted by atomic mass is 10.2. The van der Waals surface area contributed by atoms with E-state index in [0.717, 1.165) is 5.56 Å². The normalized spacial score (nSPS) is 15.0. The van der Waals surface area contributed by atoms with Gasteiger partial charge < -0.3 is 4.90 Å². The van der Waals surface area contributed by atoms with Gasteiger partial charge in [-0.3, -0.25) is 19.8 Å². The van der Waals surface area contributed by atoms with Gasteiger partial charge in [0.25, 0.3) is 11.6 Å². The molecule has 150 valence electrons. The van der Waals surface area contributed by atoms with Crippen molar-refractivity contribution in [1.82, 2.24) is 9.80 Å². The second-order valence-electron chi connectivity index (χ2n) is 6.88. The summed E-state index contributed by atoms with van der Waals surface area (Å²) in [5.41, 5.74) is 1.00. The molecule has 2 heterocycles. The Bertz CT molecular complexity index is 1080. The van der Waals surface area contributed by atoms with Crippen LogP contribution < -0.4 is 0 Å². The maximum atomic E-state index is 13.0. The van der Waals surface area contributed by atoms with Gasteiger partial charge in [-0.15, -0.1) is 11.3 Å². The number of benzene rings is 2. The van der Waals surface area contributed by atoms with Crippen LogP contribution in [0.3, 0.4) is 0 Å². The average molecular weight is 434 g/mol. The van der Waals surface area contributed by atoms with Gasteiger partial charge in [0.15, 0.2) is 0 Å². The molecular weight excluding hydrogens is 417 g/mol. The zero-order chi connectivity index (χ0) is 20.5. The fraction of sp³-hybridized carbons (Fsp3) is 0.250. The standard InChI is InChI=1S/C20H17ClFN3O3S/c21-18-16-6-5-15(25(27)28)11-17(16)29-19(18)20(26)24-9-7-23(8-10-24)12-13-1-3-14(22)4-2-13/h1-6,11H,7-10,12H2. The second-order valence-corrected chi connectivity index (χ2v) is 8.31. The molecule has 1 aliphatic rings. The second kappa shape index (κ2) is 8.06. The van der Waals surface area contributed by atoms with Gasteiger partial charge in [0, 0.05) is 54.9 Å². The number of nitro groups is 1. The number of rotatable bonds is 4. The van der Waals surface area contributed by atoms with E-state index in [1.54, 1.807) is 23.1 Å². The Labute approximate surface area is 175 Å². The summed E-state index contributed by atoms with van der Waals surface area (Å²) in [7, 11) is 0. The van der Waals surface area contributed by atoms with Crippen LogP contribution in [-0.2, 0) is 6.54 Å². The number of hydrogen-bond donors (Lipinski definition) is 0. The number of nitrogens with zero attached hydrogens (tertiary/aromatic N) is 3. The van der Waals surface area contributed by atoms with Crippen molar-refractivity contribution in [1.29, 1.82) is 0 Å². The van der Waals surface area contributed by atoms with E-state index in [9.17, 15) is 19.3 Å². The van der Waals surface area contributed by atoms with Crippen LogP contribution in [0.5, 0.6) is 0 Å². The van der Waals surface area contributed by atoms with Crippen LogP contribution in [0, 0.1) is 15.9 Å². The van der Waals surface area contributed by atoms with E-state index >= 15 is 0 Å². The van der Waals surface area contributed by atoms with Gasteiger partial charge in [-0.2, -0.15) is 0 Å². The third kappa shape index (κ3) is 4.10. The van der Waals surface area contributed by atoms with Crippen molar-refractivity contribution in [3.8, 4) is 0 Å². The van der Waals surface area contributed by atoms with Gasteiger partial charge in [0.1, 0.15) is 10.7 Å². The number of non-ortho nitro benzene ring substituents is 1. The van der Waals surface area contributed by atoms with E-state index in [1.165, 1.54) is 35.6 Å². The lowest BCUT2D eigenvalue weighted by Gasteiger charge is -2.34. The highest BCUT2D eigenvalue weighted by Gasteiger charge is 2.26. The van der Waals surface area contributed by atoms with Crippen molar-refractivity contribution in [3.63, 3.8) is 0 Å². The summed E-state index contributed by atoms with van der Waals surface area (Å²) in [4.78, 5) is 27.9. The molecule has 1 aromatic heterocycles. The highest BCUT2D eigenvalue weighted by molar-refractivity contribution is 7.21. The molecule has 29 heavy (non-hydrogen) atoms. The van der Waals surface area contributed by atoms with Crippen molar-refractivity contribution in [2.24, 2.45) is 0 Å². The molecule has 1 aliphatic heterocycles. The lowest BCUT2D eigenvalue weighted by molar-refractivity contribution is -0.384. The smallest absolute Gasteiger partial charge is 0.270 e. The molecule has 1 amide bonds. The van der Waals surface area contributed by atoms with E-state index < -0.39 is 4.92 Å². The lowest BCUT2D eigenvalue weighted by Crippen LogP contribution is -2.48. The Kier molecular flexibility index (Phi) is 5.49. The summed E-state index contributed by atoms with van der Waals surface area (Å²) < 4.78 is 13.7. The number of nitro benzene ring substituents is 1. The van der Waals surface area contributed by atoms with Crippen molar-refractivity contribution < 1.29 is 14.1 Å². The SMILES string of the molecule is O=C(c1sc2cc([N+](=O)[O-])ccc2c1Cl)N1CCN(Cc2ccc(F)cc2)CC1. The molecule has 3 aromatic rings. The molecule has 1 saturated heterocycles. The average Bonchev–Trinajstić information content (AvgIpc) is 3.05. The summed E-state index contributed by atoms with van der Waals surface area (Å²) in [6.45, 7) is 3.24. The predicted molar refractivity (Wildman–Crippen MR) is 111 cm³/mol. The molecule has 6 nitrogen and oxygen atoms in total. The van der Waals surface area contributed by atoms with Crippen LogP contribution in [0.15, 0.2) is 42.5 Å². The number of hydrogen-bond acceptors (Lipinski definition) is 5. The van der Waals surface area contributed by atoms with Crippen LogP contribution in [0.25, 0.3) is 10.1 Å². The minimum atomic E-state index is -0.463. The molecule has 1 fully saturated rings. The minimum absolute atomic E-state index is 0.0242. The van der Waals surface area contributed by atoms with Gasteiger partial charge in [-0.05, 0) is 23.8 Å². The van der Waals surface area contributed by atoms with Crippen molar-refractivity contribution in [2.75, 3.05) is 26.2 Å². The molecule has 2 aromatic carbocycles. The number of amides is 1. The van der Waals surface area contributed by atoms with Gasteiger partial charge in [-0.1, -0.05) is 23.7 Å². The van der Waals surface area contributed by atoms with E-state index in [1.807, 2.05) is 0 Å². The number of thiophene rings is 1. The third-order valence-corrected chi connectivity index (χ3v) is 6.64. The first-order valence-corrected chi connectivity index (χ1v) is 10.2. The topological polar surface area (TPSA) is 66.7 Å². The van der Waals surface area contributed by atoms with E-state index in [0.29, 0.717) is 52.7 Å². The highest BCUT2D eigenvalue weighted by Crippen LogP contribution is 2.38. The fourth-order valence-electron chi connectivity index (χ4n) is 3.41. The zero-order valence-electron chi connectivity index (χ0n) is 15.3. The van der Waals surface area contributed by atoms with Gasteiger partial charge >= 0.3 is 0 Å². The van der Waals surface area contributed by atoms with E-state index in [-0.39, 0.29) is 17.4 Å². The predicted octanol–water partition coefficient (Wildman–Crippen LogP) is 4.56. The first kappa shape index (κ1) is 19.8. The van der Waals surface area contributed by atoms with Crippen LogP contribution >= 0.6 is 22.9 Å². The molecule has 0 bridgehead atoms. The van der Waals surface area contributed by atoms with Crippen LogP contribution in [0.1, 0.15) is 15.2 Å². The summed E-state index contributed by atoms with van der Waals surface area (Å²) in [5.74, 6) is -0.407. The molecule has 0 saturated carbocycles. The maximum Gasteiger partial charge on any atom is 0.270 e. The van der Waals surface area contributed by atoms with Gasteiger partial charge in [0.2, 0.25) is 0 Å². The van der Waals surface area contributed by atoms with Crippen molar-refractivity contribution in [2.45, 2.75) is 6.54 Å². The summed E-state index contributed by atoms with van der Waals surface area (Å²) in [6.07, 6.45) is 0. The Hall–Kier alpha value is -2.55. The van der Waals surface area contributed by atoms with Crippen molar-refractivity contribution >= 4 is 44.6 Å². The molecule has 9 heteroatoms. The fourth-order valence-corrected chi connectivity index (χ4v) is 4.92. The number of carbonyl (C=O) groups excluding carboxylic acids is 1. The number of halogens is 2.